The van der Waals surface area contributed by atoms with Gasteiger partial charge in [0.15, 0.2) is 0 Å². The van der Waals surface area contributed by atoms with E-state index in [0.29, 0.717) is 36.8 Å². The molecule has 0 aliphatic carbocycles. The van der Waals surface area contributed by atoms with Gasteiger partial charge in [0.2, 0.25) is 0 Å². The molecule has 122 valence electrons. The molecule has 1 fully saturated rings. The molecule has 3 rings (SSSR count). The van der Waals surface area contributed by atoms with Gasteiger partial charge in [0.1, 0.15) is 11.6 Å². The molecule has 1 aliphatic heterocycles. The monoisotopic (exact) mass is 342 g/mol. The van der Waals surface area contributed by atoms with Gasteiger partial charge in [-0.25, -0.2) is 4.98 Å². The number of carbonyl (C=O) groups excluding carboxylic acids is 1. The minimum absolute atomic E-state index is 0.0739. The van der Waals surface area contributed by atoms with E-state index in [9.17, 15) is 9.90 Å². The minimum atomic E-state index is -0.242. The molecule has 0 bridgehead atoms. The maximum absolute atomic E-state index is 12.5. The Hall–Kier alpha value is -2.78. The number of nitriles is 1. The van der Waals surface area contributed by atoms with E-state index in [-0.39, 0.29) is 17.2 Å². The van der Waals surface area contributed by atoms with Crippen molar-refractivity contribution in [2.24, 2.45) is 0 Å². The lowest BCUT2D eigenvalue weighted by atomic mass is 10.1. The smallest absolute Gasteiger partial charge is 0.257 e. The highest BCUT2D eigenvalue weighted by atomic mass is 35.5. The third-order valence-electron chi connectivity index (χ3n) is 3.95. The second-order valence-electron chi connectivity index (χ2n) is 5.46. The Bertz CT molecular complexity index is 810. The van der Waals surface area contributed by atoms with Gasteiger partial charge in [0, 0.05) is 37.4 Å². The summed E-state index contributed by atoms with van der Waals surface area (Å²) in [5, 5.41) is 19.2. The van der Waals surface area contributed by atoms with Crippen LogP contribution in [0.4, 0.5) is 5.82 Å². The number of anilines is 1. The quantitative estimate of drug-likeness (QED) is 0.905. The van der Waals surface area contributed by atoms with E-state index >= 15 is 0 Å². The fraction of sp³-hybridized carbons (Fsp3) is 0.235. The lowest BCUT2D eigenvalue weighted by Crippen LogP contribution is -2.49. The molecule has 1 amide bonds. The molecule has 0 spiro atoms. The fourth-order valence-electron chi connectivity index (χ4n) is 2.65. The zero-order chi connectivity index (χ0) is 17.1. The molecule has 24 heavy (non-hydrogen) atoms. The van der Waals surface area contributed by atoms with Gasteiger partial charge in [-0.05, 0) is 30.3 Å². The summed E-state index contributed by atoms with van der Waals surface area (Å²) in [6, 6.07) is 9.93. The molecule has 2 heterocycles. The number of phenolic OH excluding ortho intramolecular Hbond substituents is 1. The number of carbonyl (C=O) groups is 1. The lowest BCUT2D eigenvalue weighted by molar-refractivity contribution is 0.0743. The minimum Gasteiger partial charge on any atom is -0.507 e. The van der Waals surface area contributed by atoms with Crippen LogP contribution in [0.25, 0.3) is 0 Å². The van der Waals surface area contributed by atoms with Gasteiger partial charge in [-0.3, -0.25) is 4.79 Å². The Kier molecular flexibility index (Phi) is 4.54. The third kappa shape index (κ3) is 3.26. The largest absolute Gasteiger partial charge is 0.507 e. The van der Waals surface area contributed by atoms with Gasteiger partial charge in [0.05, 0.1) is 17.2 Å². The molecule has 2 aromatic rings. The standard InChI is InChI=1S/C17H15ClN4O2/c18-13-1-2-15(23)14(10-13)17(24)22-7-5-21(6-8-22)16-9-12(11-19)3-4-20-16/h1-4,9-10,23H,5-8H2. The van der Waals surface area contributed by atoms with Crippen molar-refractivity contribution in [2.75, 3.05) is 31.1 Å². The molecule has 1 aromatic heterocycles. The van der Waals surface area contributed by atoms with E-state index in [1.165, 1.54) is 12.1 Å². The maximum atomic E-state index is 12.5. The Morgan fingerprint density at radius 1 is 1.21 bits per heavy atom. The number of rotatable bonds is 2. The Morgan fingerprint density at radius 3 is 2.67 bits per heavy atom. The molecule has 0 atom stereocenters. The molecular weight excluding hydrogens is 328 g/mol. The lowest BCUT2D eigenvalue weighted by Gasteiger charge is -2.35. The highest BCUT2D eigenvalue weighted by Gasteiger charge is 2.24. The second-order valence-corrected chi connectivity index (χ2v) is 5.89. The molecule has 0 unspecified atom stereocenters. The Balaban J connectivity index is 1.69. The normalized spacial score (nSPS) is 14.3. The fourth-order valence-corrected chi connectivity index (χ4v) is 2.82. The van der Waals surface area contributed by atoms with E-state index < -0.39 is 0 Å². The number of pyridine rings is 1. The third-order valence-corrected chi connectivity index (χ3v) is 4.19. The van der Waals surface area contributed by atoms with Gasteiger partial charge in [-0.15, -0.1) is 0 Å². The number of nitrogens with zero attached hydrogens (tertiary/aromatic N) is 4. The number of piperazine rings is 1. The molecule has 6 nitrogen and oxygen atoms in total. The number of benzene rings is 1. The molecule has 7 heteroatoms. The highest BCUT2D eigenvalue weighted by Crippen LogP contribution is 2.24. The molecule has 0 saturated carbocycles. The van der Waals surface area contributed by atoms with Gasteiger partial charge < -0.3 is 14.9 Å². The van der Waals surface area contributed by atoms with E-state index in [4.69, 9.17) is 16.9 Å². The number of halogens is 1. The van der Waals surface area contributed by atoms with Gasteiger partial charge >= 0.3 is 0 Å². The maximum Gasteiger partial charge on any atom is 0.257 e. The first-order chi connectivity index (χ1) is 11.6. The summed E-state index contributed by atoms with van der Waals surface area (Å²) in [6.45, 7) is 2.22. The second kappa shape index (κ2) is 6.77. The van der Waals surface area contributed by atoms with Crippen molar-refractivity contribution in [3.63, 3.8) is 0 Å². The van der Waals surface area contributed by atoms with Crippen molar-refractivity contribution >= 4 is 23.3 Å². The van der Waals surface area contributed by atoms with Crippen LogP contribution >= 0.6 is 11.6 Å². The van der Waals surface area contributed by atoms with Crippen molar-refractivity contribution in [3.05, 3.63) is 52.7 Å². The zero-order valence-electron chi connectivity index (χ0n) is 12.8. The Labute approximate surface area is 144 Å². The summed E-state index contributed by atoms with van der Waals surface area (Å²) in [7, 11) is 0. The molecule has 1 aliphatic rings. The summed E-state index contributed by atoms with van der Waals surface area (Å²) in [5.41, 5.74) is 0.767. The molecule has 0 radical (unpaired) electrons. The number of phenols is 1. The van der Waals surface area contributed by atoms with Crippen LogP contribution in [0, 0.1) is 11.3 Å². The van der Waals surface area contributed by atoms with Crippen molar-refractivity contribution in [3.8, 4) is 11.8 Å². The summed E-state index contributed by atoms with van der Waals surface area (Å²) in [6.07, 6.45) is 1.61. The number of aromatic hydroxyl groups is 1. The van der Waals surface area contributed by atoms with Crippen molar-refractivity contribution in [1.82, 2.24) is 9.88 Å². The first-order valence-electron chi connectivity index (χ1n) is 7.47. The highest BCUT2D eigenvalue weighted by molar-refractivity contribution is 6.31. The van der Waals surface area contributed by atoms with Crippen molar-refractivity contribution < 1.29 is 9.90 Å². The summed E-state index contributed by atoms with van der Waals surface area (Å²) in [5.74, 6) is 0.412. The average molecular weight is 343 g/mol. The van der Waals surface area contributed by atoms with Crippen LogP contribution in [0.5, 0.6) is 5.75 Å². The predicted octanol–water partition coefficient (Wildman–Crippen LogP) is 2.27. The Morgan fingerprint density at radius 2 is 1.96 bits per heavy atom. The first kappa shape index (κ1) is 16.1. The summed E-state index contributed by atoms with van der Waals surface area (Å²) >= 11 is 5.91. The molecule has 1 N–H and O–H groups in total. The van der Waals surface area contributed by atoms with Crippen LogP contribution < -0.4 is 4.90 Å². The average Bonchev–Trinajstić information content (AvgIpc) is 2.63. The molecule has 1 aromatic carbocycles. The molecule has 1 saturated heterocycles. The number of aromatic nitrogens is 1. The first-order valence-corrected chi connectivity index (χ1v) is 7.85. The van der Waals surface area contributed by atoms with Crippen LogP contribution in [0.2, 0.25) is 5.02 Å². The topological polar surface area (TPSA) is 80.5 Å². The number of hydrogen-bond donors (Lipinski definition) is 1. The van der Waals surface area contributed by atoms with Crippen LogP contribution in [0.3, 0.4) is 0 Å². The summed E-state index contributed by atoms with van der Waals surface area (Å²) < 4.78 is 0. The van der Waals surface area contributed by atoms with Gasteiger partial charge in [-0.1, -0.05) is 11.6 Å². The van der Waals surface area contributed by atoms with Crippen molar-refractivity contribution in [1.29, 1.82) is 5.26 Å². The summed E-state index contributed by atoms with van der Waals surface area (Å²) in [4.78, 5) is 20.5. The van der Waals surface area contributed by atoms with Crippen molar-refractivity contribution in [2.45, 2.75) is 0 Å². The number of hydrogen-bond acceptors (Lipinski definition) is 5. The van der Waals surface area contributed by atoms with Crippen LogP contribution in [-0.2, 0) is 0 Å². The SMILES string of the molecule is N#Cc1ccnc(N2CCN(C(=O)c3cc(Cl)ccc3O)CC2)c1. The van der Waals surface area contributed by atoms with E-state index in [2.05, 4.69) is 11.1 Å². The van der Waals surface area contributed by atoms with Gasteiger partial charge in [0.25, 0.3) is 5.91 Å². The van der Waals surface area contributed by atoms with E-state index in [0.717, 1.165) is 5.82 Å². The van der Waals surface area contributed by atoms with E-state index in [1.54, 1.807) is 29.3 Å². The van der Waals surface area contributed by atoms with E-state index in [1.807, 2.05) is 4.90 Å². The van der Waals surface area contributed by atoms with Crippen LogP contribution in [-0.4, -0.2) is 47.1 Å². The predicted molar refractivity (Wildman–Crippen MR) is 90.2 cm³/mol. The van der Waals surface area contributed by atoms with Crippen LogP contribution in [0.1, 0.15) is 15.9 Å². The van der Waals surface area contributed by atoms with Crippen LogP contribution in [0.15, 0.2) is 36.5 Å². The zero-order valence-corrected chi connectivity index (χ0v) is 13.6. The van der Waals surface area contributed by atoms with Gasteiger partial charge in [-0.2, -0.15) is 5.26 Å². The molecular formula is C17H15ClN4O2. The number of amides is 1.